The Balaban J connectivity index is 1.09. The summed E-state index contributed by atoms with van der Waals surface area (Å²) in [5, 5.41) is 0. The smallest absolute Gasteiger partial charge is 0.0781 e. The average molecular weight is 734 g/mol. The van der Waals surface area contributed by atoms with Crippen LogP contribution in [-0.4, -0.2) is 5.71 Å². The van der Waals surface area contributed by atoms with Crippen LogP contribution in [0.2, 0.25) is 0 Å². The second kappa shape index (κ2) is 11.6. The Hall–Kier alpha value is -7.35. The van der Waals surface area contributed by atoms with Gasteiger partial charge in [0.25, 0.3) is 0 Å². The lowest BCUT2D eigenvalue weighted by Gasteiger charge is -2.31. The Bertz CT molecular complexity index is 2910. The first-order valence-corrected chi connectivity index (χ1v) is 20.3. The first-order chi connectivity index (χ1) is 28.8. The number of aliphatic imine (C=N–C) groups is 1. The summed E-state index contributed by atoms with van der Waals surface area (Å²) < 4.78 is 0. The molecule has 0 fully saturated rings. The van der Waals surface area contributed by atoms with Gasteiger partial charge in [0.2, 0.25) is 0 Å². The molecule has 0 amide bonds. The molecule has 9 aromatic carbocycles. The van der Waals surface area contributed by atoms with Crippen molar-refractivity contribution in [3.8, 4) is 44.5 Å². The molecular formula is C57H35N. The second-order valence-corrected chi connectivity index (χ2v) is 16.1. The summed E-state index contributed by atoms with van der Waals surface area (Å²) >= 11 is 0. The maximum atomic E-state index is 5.57. The van der Waals surface area contributed by atoms with Crippen LogP contribution in [0, 0.1) is 0 Å². The van der Waals surface area contributed by atoms with E-state index in [4.69, 9.17) is 4.99 Å². The molecule has 4 aliphatic rings. The summed E-state index contributed by atoms with van der Waals surface area (Å²) in [4.78, 5) is 5.57. The van der Waals surface area contributed by atoms with Crippen molar-refractivity contribution >= 4 is 11.4 Å². The Morgan fingerprint density at radius 2 is 0.534 bits per heavy atom. The van der Waals surface area contributed by atoms with Gasteiger partial charge in [0.15, 0.2) is 0 Å². The van der Waals surface area contributed by atoms with Gasteiger partial charge in [-0.2, -0.15) is 0 Å². The maximum Gasteiger partial charge on any atom is 0.0781 e. The third kappa shape index (κ3) is 3.88. The fraction of sp³-hybridized carbons (Fsp3) is 0.0351. The Kier molecular flexibility index (Phi) is 6.36. The quantitative estimate of drug-likeness (QED) is 0.160. The minimum atomic E-state index is -0.437. The minimum absolute atomic E-state index is 0.437. The van der Waals surface area contributed by atoms with Gasteiger partial charge >= 0.3 is 0 Å². The Morgan fingerprint density at radius 3 is 0.862 bits per heavy atom. The zero-order valence-corrected chi connectivity index (χ0v) is 31.7. The topological polar surface area (TPSA) is 12.4 Å². The van der Waals surface area contributed by atoms with Gasteiger partial charge < -0.3 is 0 Å². The van der Waals surface area contributed by atoms with Crippen LogP contribution in [0.4, 0.5) is 5.69 Å². The van der Waals surface area contributed by atoms with Crippen LogP contribution in [0.25, 0.3) is 44.5 Å². The lowest BCUT2D eigenvalue weighted by molar-refractivity contribution is 0.793. The van der Waals surface area contributed by atoms with E-state index in [1.165, 1.54) is 89.0 Å². The molecule has 4 aliphatic carbocycles. The van der Waals surface area contributed by atoms with Crippen LogP contribution in [0.5, 0.6) is 0 Å². The molecule has 0 unspecified atom stereocenters. The van der Waals surface area contributed by atoms with Crippen molar-refractivity contribution < 1.29 is 0 Å². The van der Waals surface area contributed by atoms with E-state index in [-0.39, 0.29) is 0 Å². The summed E-state index contributed by atoms with van der Waals surface area (Å²) in [6.45, 7) is 0. The molecule has 0 saturated carbocycles. The molecule has 58 heavy (non-hydrogen) atoms. The van der Waals surface area contributed by atoms with E-state index in [1.54, 1.807) is 0 Å². The fourth-order valence-corrected chi connectivity index (χ4v) is 11.4. The predicted molar refractivity (Wildman–Crippen MR) is 237 cm³/mol. The molecule has 0 bridgehead atoms. The van der Waals surface area contributed by atoms with E-state index in [0.29, 0.717) is 0 Å². The highest BCUT2D eigenvalue weighted by molar-refractivity contribution is 6.15. The van der Waals surface area contributed by atoms with E-state index in [1.807, 2.05) is 0 Å². The van der Waals surface area contributed by atoms with Gasteiger partial charge in [-0.25, -0.2) is 4.99 Å². The van der Waals surface area contributed by atoms with Gasteiger partial charge in [0.05, 0.1) is 22.2 Å². The van der Waals surface area contributed by atoms with Crippen molar-refractivity contribution in [1.82, 2.24) is 0 Å². The first-order valence-electron chi connectivity index (χ1n) is 20.3. The zero-order chi connectivity index (χ0) is 38.0. The van der Waals surface area contributed by atoms with Gasteiger partial charge in [0.1, 0.15) is 0 Å². The van der Waals surface area contributed by atoms with Gasteiger partial charge in [-0.1, -0.05) is 188 Å². The summed E-state index contributed by atoms with van der Waals surface area (Å²) in [5.74, 6) is 0. The Morgan fingerprint density at radius 1 is 0.259 bits per heavy atom. The SMILES string of the molecule is c1ccc(N=C(c2ccc3c(c2)C2(c4ccccc4-c4ccccc42)c2ccccc2-3)c2ccc3c(c2)C2(c4ccccc4-c4ccccc42)c2ccccc2-3)cc1. The van der Waals surface area contributed by atoms with E-state index < -0.39 is 10.8 Å². The molecule has 0 aromatic heterocycles. The van der Waals surface area contributed by atoms with E-state index in [9.17, 15) is 0 Å². The molecule has 0 radical (unpaired) electrons. The van der Waals surface area contributed by atoms with Crippen molar-refractivity contribution in [2.75, 3.05) is 0 Å². The second-order valence-electron chi connectivity index (χ2n) is 16.1. The van der Waals surface area contributed by atoms with E-state index >= 15 is 0 Å². The third-order valence-electron chi connectivity index (χ3n) is 13.5. The fourth-order valence-electron chi connectivity index (χ4n) is 11.4. The number of fused-ring (bicyclic) bond motifs is 20. The van der Waals surface area contributed by atoms with Crippen LogP contribution in [-0.2, 0) is 10.8 Å². The molecule has 1 heteroatoms. The minimum Gasteiger partial charge on any atom is -0.248 e. The summed E-state index contributed by atoms with van der Waals surface area (Å²) in [6, 6.07) is 78.9. The van der Waals surface area contributed by atoms with Crippen LogP contribution in [0.1, 0.15) is 55.6 Å². The average Bonchev–Trinajstić information content (AvgIpc) is 3.97. The number of hydrogen-bond acceptors (Lipinski definition) is 1. The van der Waals surface area contributed by atoms with Crippen molar-refractivity contribution in [3.63, 3.8) is 0 Å². The first kappa shape index (κ1) is 31.8. The van der Waals surface area contributed by atoms with Gasteiger partial charge in [-0.15, -0.1) is 0 Å². The largest absolute Gasteiger partial charge is 0.248 e. The monoisotopic (exact) mass is 733 g/mol. The summed E-state index contributed by atoms with van der Waals surface area (Å²) in [7, 11) is 0. The van der Waals surface area contributed by atoms with Gasteiger partial charge in [-0.3, -0.25) is 0 Å². The molecule has 0 saturated heterocycles. The normalized spacial score (nSPS) is 14.5. The van der Waals surface area contributed by atoms with Gasteiger partial charge in [0, 0.05) is 11.1 Å². The molecular weight excluding hydrogens is 699 g/mol. The highest BCUT2D eigenvalue weighted by Crippen LogP contribution is 2.64. The van der Waals surface area contributed by atoms with Crippen molar-refractivity contribution in [2.45, 2.75) is 10.8 Å². The molecule has 2 spiro atoms. The van der Waals surface area contributed by atoms with Gasteiger partial charge in [-0.05, 0) is 113 Å². The molecule has 9 aromatic rings. The number of para-hydroxylation sites is 1. The van der Waals surface area contributed by atoms with Crippen molar-refractivity contribution in [2.24, 2.45) is 4.99 Å². The van der Waals surface area contributed by atoms with Crippen LogP contribution < -0.4 is 0 Å². The number of hydrogen-bond donors (Lipinski definition) is 0. The Labute approximate surface area is 338 Å². The maximum absolute atomic E-state index is 5.57. The third-order valence-corrected chi connectivity index (χ3v) is 13.5. The zero-order valence-electron chi connectivity index (χ0n) is 31.7. The lowest BCUT2D eigenvalue weighted by Crippen LogP contribution is -2.26. The highest BCUT2D eigenvalue weighted by Gasteiger charge is 2.53. The van der Waals surface area contributed by atoms with Crippen molar-refractivity contribution in [3.05, 3.63) is 268 Å². The summed E-state index contributed by atoms with van der Waals surface area (Å²) in [6.07, 6.45) is 0. The molecule has 268 valence electrons. The predicted octanol–water partition coefficient (Wildman–Crippen LogP) is 13.5. The molecule has 1 nitrogen and oxygen atoms in total. The standard InChI is InChI=1S/C57H35N/c1-2-16-38(17-3-1)58-55(36-30-32-45-43-22-8-14-28-51(43)56(53(45)34-36)47-24-10-4-18-39(47)40-19-5-11-25-48(40)56)37-31-33-46-44-23-9-15-29-52(44)57(54(46)35-37)49-26-12-6-20-41(49)42-21-7-13-27-50(42)57/h1-35H. The molecule has 0 atom stereocenters. The number of benzene rings is 9. The van der Waals surface area contributed by atoms with E-state index in [2.05, 4.69) is 212 Å². The highest BCUT2D eigenvalue weighted by atomic mass is 14.7. The summed E-state index contributed by atoms with van der Waals surface area (Å²) in [5.41, 5.74) is 24.3. The lowest BCUT2D eigenvalue weighted by atomic mass is 9.70. The van der Waals surface area contributed by atoms with Crippen LogP contribution in [0.15, 0.2) is 217 Å². The van der Waals surface area contributed by atoms with Crippen molar-refractivity contribution in [1.29, 1.82) is 0 Å². The van der Waals surface area contributed by atoms with Crippen LogP contribution >= 0.6 is 0 Å². The molecule has 0 aliphatic heterocycles. The van der Waals surface area contributed by atoms with E-state index in [0.717, 1.165) is 22.5 Å². The molecule has 0 N–H and O–H groups in total. The molecule has 13 rings (SSSR count). The van der Waals surface area contributed by atoms with Crippen LogP contribution in [0.3, 0.4) is 0 Å². The molecule has 0 heterocycles. The number of nitrogens with zero attached hydrogens (tertiary/aromatic N) is 1. The number of rotatable bonds is 3.